The number of thiophene rings is 1. The van der Waals surface area contributed by atoms with E-state index in [9.17, 15) is 0 Å². The first-order chi connectivity index (χ1) is 13.7. The van der Waals surface area contributed by atoms with Gasteiger partial charge in [0, 0.05) is 25.0 Å². The molecule has 0 fully saturated rings. The zero-order valence-electron chi connectivity index (χ0n) is 17.3. The Kier molecular flexibility index (Phi) is 9.65. The van der Waals surface area contributed by atoms with Gasteiger partial charge in [-0.25, -0.2) is 0 Å². The Bertz CT molecular complexity index is 715. The summed E-state index contributed by atoms with van der Waals surface area (Å²) in [6, 6.07) is 10.2. The molecule has 0 aliphatic heterocycles. The van der Waals surface area contributed by atoms with Gasteiger partial charge < -0.3 is 25.0 Å². The summed E-state index contributed by atoms with van der Waals surface area (Å²) in [7, 11) is 3.45. The number of nitrogens with zero attached hydrogens (tertiary/aromatic N) is 2. The van der Waals surface area contributed by atoms with Crippen LogP contribution in [0.5, 0.6) is 11.5 Å². The van der Waals surface area contributed by atoms with Crippen molar-refractivity contribution in [1.29, 1.82) is 0 Å². The fourth-order valence-corrected chi connectivity index (χ4v) is 3.40. The normalized spacial score (nSPS) is 11.5. The Hall–Kier alpha value is -2.25. The van der Waals surface area contributed by atoms with E-state index in [1.165, 1.54) is 4.88 Å². The maximum atomic E-state index is 5.92. The largest absolute Gasteiger partial charge is 0.493 e. The van der Waals surface area contributed by atoms with E-state index in [1.807, 2.05) is 12.1 Å². The summed E-state index contributed by atoms with van der Waals surface area (Å²) in [5.74, 6) is 2.30. The third-order valence-electron chi connectivity index (χ3n) is 4.48. The number of methoxy groups -OCH3 is 1. The van der Waals surface area contributed by atoms with Crippen LogP contribution in [0.25, 0.3) is 0 Å². The third kappa shape index (κ3) is 7.05. The molecule has 2 aromatic rings. The Labute approximate surface area is 172 Å². The van der Waals surface area contributed by atoms with Gasteiger partial charge in [0.15, 0.2) is 17.5 Å². The molecule has 0 amide bonds. The van der Waals surface area contributed by atoms with Crippen LogP contribution in [-0.2, 0) is 13.1 Å². The van der Waals surface area contributed by atoms with Crippen LogP contribution in [0.15, 0.2) is 40.7 Å². The average molecular weight is 405 g/mol. The number of hydrogen-bond acceptors (Lipinski definition) is 5. The minimum Gasteiger partial charge on any atom is -0.493 e. The van der Waals surface area contributed by atoms with Crippen molar-refractivity contribution < 1.29 is 9.47 Å². The Morgan fingerprint density at radius 3 is 2.54 bits per heavy atom. The van der Waals surface area contributed by atoms with E-state index < -0.39 is 0 Å². The zero-order valence-corrected chi connectivity index (χ0v) is 18.1. The van der Waals surface area contributed by atoms with Crippen LogP contribution in [0.3, 0.4) is 0 Å². The highest BCUT2D eigenvalue weighted by Gasteiger charge is 2.08. The first-order valence-corrected chi connectivity index (χ1v) is 10.6. The molecule has 0 bridgehead atoms. The van der Waals surface area contributed by atoms with Gasteiger partial charge in [-0.3, -0.25) is 4.99 Å². The fourth-order valence-electron chi connectivity index (χ4n) is 2.76. The molecular formula is C21H32N4O2S. The Balaban J connectivity index is 1.86. The van der Waals surface area contributed by atoms with Gasteiger partial charge >= 0.3 is 0 Å². The molecule has 1 heterocycles. The van der Waals surface area contributed by atoms with Crippen LogP contribution in [0, 0.1) is 0 Å². The Morgan fingerprint density at radius 2 is 1.89 bits per heavy atom. The van der Waals surface area contributed by atoms with Gasteiger partial charge in [-0.1, -0.05) is 26.0 Å². The van der Waals surface area contributed by atoms with Gasteiger partial charge in [0.05, 0.1) is 13.7 Å². The molecule has 1 aromatic carbocycles. The molecule has 7 heteroatoms. The van der Waals surface area contributed by atoms with Crippen molar-refractivity contribution in [2.45, 2.75) is 26.9 Å². The second-order valence-electron chi connectivity index (χ2n) is 6.22. The molecule has 2 rings (SSSR count). The topological polar surface area (TPSA) is 58.1 Å². The van der Waals surface area contributed by atoms with E-state index in [0.29, 0.717) is 13.2 Å². The molecule has 0 unspecified atom stereocenters. The summed E-state index contributed by atoms with van der Waals surface area (Å²) < 4.78 is 11.4. The van der Waals surface area contributed by atoms with Crippen molar-refractivity contribution in [3.8, 4) is 11.5 Å². The molecule has 6 nitrogen and oxygen atoms in total. The minimum atomic E-state index is 0.648. The van der Waals surface area contributed by atoms with E-state index in [4.69, 9.17) is 9.47 Å². The molecule has 0 atom stereocenters. The summed E-state index contributed by atoms with van der Waals surface area (Å²) in [6.45, 7) is 9.36. The summed E-state index contributed by atoms with van der Waals surface area (Å²) in [5, 5.41) is 8.73. The SMILES string of the molecule is CCN(CC)CCOc1ccc(CNC(=NC)NCc2cccs2)cc1OC. The molecule has 2 N–H and O–H groups in total. The molecule has 0 saturated carbocycles. The van der Waals surface area contributed by atoms with Gasteiger partial charge in [0.2, 0.25) is 0 Å². The van der Waals surface area contributed by atoms with Gasteiger partial charge in [-0.05, 0) is 42.2 Å². The number of aliphatic imine (C=N–C) groups is 1. The maximum Gasteiger partial charge on any atom is 0.191 e. The van der Waals surface area contributed by atoms with Gasteiger partial charge in [-0.2, -0.15) is 0 Å². The van der Waals surface area contributed by atoms with Gasteiger partial charge in [0.1, 0.15) is 6.61 Å². The average Bonchev–Trinajstić information content (AvgIpc) is 3.25. The van der Waals surface area contributed by atoms with Crippen LogP contribution in [-0.4, -0.2) is 51.3 Å². The highest BCUT2D eigenvalue weighted by atomic mass is 32.1. The number of ether oxygens (including phenoxy) is 2. The van der Waals surface area contributed by atoms with E-state index in [0.717, 1.165) is 49.2 Å². The van der Waals surface area contributed by atoms with Crippen molar-refractivity contribution in [3.63, 3.8) is 0 Å². The lowest BCUT2D eigenvalue weighted by Gasteiger charge is -2.19. The molecule has 28 heavy (non-hydrogen) atoms. The number of likely N-dealkylation sites (N-methyl/N-ethyl adjacent to an activating group) is 1. The van der Waals surface area contributed by atoms with Crippen molar-refractivity contribution >= 4 is 17.3 Å². The third-order valence-corrected chi connectivity index (χ3v) is 5.36. The lowest BCUT2D eigenvalue weighted by molar-refractivity contribution is 0.217. The van der Waals surface area contributed by atoms with Crippen molar-refractivity contribution in [1.82, 2.24) is 15.5 Å². The van der Waals surface area contributed by atoms with E-state index in [2.05, 4.69) is 58.0 Å². The summed E-state index contributed by atoms with van der Waals surface area (Å²) in [4.78, 5) is 7.88. The molecular weight excluding hydrogens is 372 g/mol. The van der Waals surface area contributed by atoms with Crippen LogP contribution in [0.4, 0.5) is 0 Å². The quantitative estimate of drug-likeness (QED) is 0.444. The second-order valence-corrected chi connectivity index (χ2v) is 7.25. The minimum absolute atomic E-state index is 0.648. The van der Waals surface area contributed by atoms with Crippen LogP contribution in [0.2, 0.25) is 0 Å². The number of rotatable bonds is 11. The maximum absolute atomic E-state index is 5.92. The number of guanidine groups is 1. The van der Waals surface area contributed by atoms with E-state index >= 15 is 0 Å². The monoisotopic (exact) mass is 404 g/mol. The Morgan fingerprint density at radius 1 is 1.11 bits per heavy atom. The lowest BCUT2D eigenvalue weighted by atomic mass is 10.2. The van der Waals surface area contributed by atoms with Gasteiger partial charge in [-0.15, -0.1) is 11.3 Å². The van der Waals surface area contributed by atoms with Crippen molar-refractivity contribution in [2.24, 2.45) is 4.99 Å². The molecule has 0 spiro atoms. The smallest absolute Gasteiger partial charge is 0.191 e. The molecule has 0 saturated heterocycles. The number of benzene rings is 1. The summed E-state index contributed by atoms with van der Waals surface area (Å²) in [6.07, 6.45) is 0. The van der Waals surface area contributed by atoms with E-state index in [-0.39, 0.29) is 0 Å². The van der Waals surface area contributed by atoms with Crippen LogP contribution in [0.1, 0.15) is 24.3 Å². The van der Waals surface area contributed by atoms with E-state index in [1.54, 1.807) is 25.5 Å². The predicted octanol–water partition coefficient (Wildman–Crippen LogP) is 3.34. The van der Waals surface area contributed by atoms with Crippen molar-refractivity contribution in [3.05, 3.63) is 46.2 Å². The van der Waals surface area contributed by atoms with Crippen LogP contribution >= 0.6 is 11.3 Å². The fraction of sp³-hybridized carbons (Fsp3) is 0.476. The number of hydrogen-bond donors (Lipinski definition) is 2. The predicted molar refractivity (Wildman–Crippen MR) is 118 cm³/mol. The van der Waals surface area contributed by atoms with Gasteiger partial charge in [0.25, 0.3) is 0 Å². The highest BCUT2D eigenvalue weighted by molar-refractivity contribution is 7.09. The number of nitrogens with one attached hydrogen (secondary N) is 2. The molecule has 0 radical (unpaired) electrons. The molecule has 154 valence electrons. The molecule has 1 aromatic heterocycles. The van der Waals surface area contributed by atoms with Crippen LogP contribution < -0.4 is 20.1 Å². The zero-order chi connectivity index (χ0) is 20.2. The highest BCUT2D eigenvalue weighted by Crippen LogP contribution is 2.28. The first kappa shape index (κ1) is 22.0. The molecule has 0 aliphatic carbocycles. The second kappa shape index (κ2) is 12.3. The first-order valence-electron chi connectivity index (χ1n) is 9.69. The standard InChI is InChI=1S/C21H32N4O2S/c1-5-25(6-2)11-12-27-19-10-9-17(14-20(19)26-4)15-23-21(22-3)24-16-18-8-7-13-28-18/h7-10,13-14H,5-6,11-12,15-16H2,1-4H3,(H2,22,23,24). The molecule has 0 aliphatic rings. The lowest BCUT2D eigenvalue weighted by Crippen LogP contribution is -2.36. The summed E-state index contributed by atoms with van der Waals surface area (Å²) >= 11 is 1.73. The summed E-state index contributed by atoms with van der Waals surface area (Å²) in [5.41, 5.74) is 1.10. The van der Waals surface area contributed by atoms with Crippen molar-refractivity contribution in [2.75, 3.05) is 40.4 Å².